The van der Waals surface area contributed by atoms with Crippen LogP contribution < -0.4 is 0 Å². The average molecular weight is 544 g/mol. The maximum Gasteiger partial charge on any atom is 0.490 e. The van der Waals surface area contributed by atoms with E-state index in [0.717, 1.165) is 32.4 Å². The second-order valence-corrected chi connectivity index (χ2v) is 8.61. The number of pyridine rings is 1. The van der Waals surface area contributed by atoms with E-state index in [2.05, 4.69) is 28.6 Å². The maximum atomic E-state index is 12.7. The number of carboxylic acid groups (broad SMARTS) is 2. The van der Waals surface area contributed by atoms with Crippen molar-refractivity contribution in [3.8, 4) is 0 Å². The monoisotopic (exact) mass is 543 g/mol. The van der Waals surface area contributed by atoms with Gasteiger partial charge >= 0.3 is 24.3 Å². The number of hydrogen-bond acceptors (Lipinski definition) is 5. The number of likely N-dealkylation sites (tertiary alicyclic amines) is 2. The predicted molar refractivity (Wildman–Crippen MR) is 119 cm³/mol. The molecule has 2 N–H and O–H groups in total. The first kappa shape index (κ1) is 32.1. The highest BCUT2D eigenvalue weighted by Crippen LogP contribution is 2.44. The highest BCUT2D eigenvalue weighted by atomic mass is 19.4. The number of alkyl halides is 6. The first-order valence-corrected chi connectivity index (χ1v) is 11.6. The highest BCUT2D eigenvalue weighted by Gasteiger charge is 2.52. The number of amides is 1. The van der Waals surface area contributed by atoms with Crippen molar-refractivity contribution in [3.05, 3.63) is 30.1 Å². The second-order valence-electron chi connectivity index (χ2n) is 8.61. The van der Waals surface area contributed by atoms with E-state index in [4.69, 9.17) is 19.8 Å². The van der Waals surface area contributed by atoms with E-state index < -0.39 is 24.3 Å². The zero-order chi connectivity index (χ0) is 28.4. The lowest BCUT2D eigenvalue weighted by Gasteiger charge is -2.52. The summed E-state index contributed by atoms with van der Waals surface area (Å²) in [6.45, 7) is 7.61. The molecule has 2 saturated heterocycles. The third kappa shape index (κ3) is 9.17. The molecule has 0 aliphatic carbocycles. The molecule has 1 amide bonds. The van der Waals surface area contributed by atoms with Crippen molar-refractivity contribution < 1.29 is 50.9 Å². The van der Waals surface area contributed by atoms with Crippen LogP contribution >= 0.6 is 0 Å². The van der Waals surface area contributed by atoms with E-state index in [-0.39, 0.29) is 5.54 Å². The minimum Gasteiger partial charge on any atom is -0.475 e. The zero-order valence-electron chi connectivity index (χ0n) is 20.5. The highest BCUT2D eigenvalue weighted by molar-refractivity contribution is 5.80. The minimum absolute atomic E-state index is 0.0442. The van der Waals surface area contributed by atoms with Crippen molar-refractivity contribution in [1.82, 2.24) is 14.8 Å². The lowest BCUT2D eigenvalue weighted by molar-refractivity contribution is -0.193. The topological polar surface area (TPSA) is 111 Å². The van der Waals surface area contributed by atoms with Gasteiger partial charge in [-0.15, -0.1) is 0 Å². The fraction of sp³-hybridized carbons (Fsp3) is 0.652. The molecular formula is C23H31F6N3O5. The van der Waals surface area contributed by atoms with Gasteiger partial charge in [0.2, 0.25) is 5.91 Å². The van der Waals surface area contributed by atoms with E-state index in [1.165, 1.54) is 24.9 Å². The van der Waals surface area contributed by atoms with E-state index in [0.29, 0.717) is 18.4 Å². The fourth-order valence-electron chi connectivity index (χ4n) is 4.81. The molecule has 0 bridgehead atoms. The quantitative estimate of drug-likeness (QED) is 0.527. The fourth-order valence-corrected chi connectivity index (χ4v) is 4.81. The number of piperidine rings is 1. The van der Waals surface area contributed by atoms with E-state index in [1.807, 2.05) is 24.5 Å². The Morgan fingerprint density at radius 2 is 1.54 bits per heavy atom. The SMILES string of the molecule is CCCN1CCC[C@]2(CCC(=O)N2Cc2ccncc2)[C@H]1CC.O=C(O)C(F)(F)F.O=C(O)C(F)(F)F. The van der Waals surface area contributed by atoms with Crippen LogP contribution in [0.25, 0.3) is 0 Å². The molecular weight excluding hydrogens is 512 g/mol. The number of carbonyl (C=O) groups is 3. The summed E-state index contributed by atoms with van der Waals surface area (Å²) in [7, 11) is 0. The smallest absolute Gasteiger partial charge is 0.475 e. The maximum absolute atomic E-state index is 12.7. The number of halogens is 6. The zero-order valence-corrected chi connectivity index (χ0v) is 20.5. The molecule has 37 heavy (non-hydrogen) atoms. The summed E-state index contributed by atoms with van der Waals surface area (Å²) in [6, 6.07) is 4.57. The van der Waals surface area contributed by atoms with Gasteiger partial charge in [-0.05, 0) is 62.9 Å². The first-order chi connectivity index (χ1) is 17.1. The van der Waals surface area contributed by atoms with Crippen LogP contribution in [-0.4, -0.2) is 79.9 Å². The van der Waals surface area contributed by atoms with Crippen LogP contribution in [0.3, 0.4) is 0 Å². The molecule has 210 valence electrons. The number of aliphatic carboxylic acids is 2. The summed E-state index contributed by atoms with van der Waals surface area (Å²) >= 11 is 0. The third-order valence-electron chi connectivity index (χ3n) is 6.20. The Labute approximate surface area is 210 Å². The lowest BCUT2D eigenvalue weighted by Crippen LogP contribution is -2.62. The average Bonchev–Trinajstić information content (AvgIpc) is 3.10. The number of carboxylic acids is 2. The molecule has 2 atom stereocenters. The van der Waals surface area contributed by atoms with Gasteiger partial charge in [-0.1, -0.05) is 13.8 Å². The van der Waals surface area contributed by atoms with Crippen LogP contribution in [0.15, 0.2) is 24.5 Å². The molecule has 0 unspecified atom stereocenters. The van der Waals surface area contributed by atoms with Crippen LogP contribution in [0, 0.1) is 0 Å². The molecule has 1 spiro atoms. The van der Waals surface area contributed by atoms with Gasteiger partial charge in [-0.3, -0.25) is 14.7 Å². The van der Waals surface area contributed by atoms with Crippen LogP contribution in [-0.2, 0) is 20.9 Å². The Kier molecular flexibility index (Phi) is 11.8. The van der Waals surface area contributed by atoms with Gasteiger partial charge in [-0.2, -0.15) is 26.3 Å². The number of hydrogen-bond donors (Lipinski definition) is 2. The number of carbonyl (C=O) groups excluding carboxylic acids is 1. The molecule has 3 rings (SSSR count). The minimum atomic E-state index is -5.08. The van der Waals surface area contributed by atoms with Crippen LogP contribution in [0.2, 0.25) is 0 Å². The summed E-state index contributed by atoms with van der Waals surface area (Å²) in [4.78, 5) is 39.4. The molecule has 2 aliphatic rings. The van der Waals surface area contributed by atoms with Crippen LogP contribution in [0.4, 0.5) is 26.3 Å². The van der Waals surface area contributed by atoms with Crippen LogP contribution in [0.5, 0.6) is 0 Å². The normalized spacial score (nSPS) is 22.1. The Bertz CT molecular complexity index is 871. The summed E-state index contributed by atoms with van der Waals surface area (Å²) in [5, 5.41) is 14.2. The first-order valence-electron chi connectivity index (χ1n) is 11.6. The summed E-state index contributed by atoms with van der Waals surface area (Å²) in [5.41, 5.74) is 1.24. The molecule has 8 nitrogen and oxygen atoms in total. The van der Waals surface area contributed by atoms with Gasteiger partial charge in [0.1, 0.15) is 0 Å². The Hall–Kier alpha value is -2.90. The van der Waals surface area contributed by atoms with E-state index in [9.17, 15) is 31.1 Å². The van der Waals surface area contributed by atoms with Gasteiger partial charge in [0, 0.05) is 31.4 Å². The summed E-state index contributed by atoms with van der Waals surface area (Å²) in [5.74, 6) is -5.18. The van der Waals surface area contributed by atoms with Gasteiger partial charge in [0.05, 0.1) is 5.54 Å². The Morgan fingerprint density at radius 1 is 1.03 bits per heavy atom. The molecule has 3 heterocycles. The standard InChI is InChI=1S/C19H29N3O.2C2HF3O2/c1-3-13-21-14-5-9-19(17(21)4-2)10-6-18(23)22(19)15-16-7-11-20-12-8-16;2*3-2(4,5)1(6)7/h7-8,11-12,17H,3-6,9-10,13-15H2,1-2H3;2*(H,6,7)/t17-,19+;;/m1../s1. The van der Waals surface area contributed by atoms with Crippen molar-refractivity contribution in [2.45, 2.75) is 82.9 Å². The molecule has 1 aromatic rings. The van der Waals surface area contributed by atoms with Crippen LogP contribution in [0.1, 0.15) is 57.9 Å². The molecule has 2 fully saturated rings. The summed E-state index contributed by atoms with van der Waals surface area (Å²) in [6.07, 6.45) is -0.115. The van der Waals surface area contributed by atoms with E-state index in [1.54, 1.807) is 0 Å². The van der Waals surface area contributed by atoms with Crippen molar-refractivity contribution in [2.24, 2.45) is 0 Å². The molecule has 0 saturated carbocycles. The molecule has 1 aromatic heterocycles. The lowest BCUT2D eigenvalue weighted by atomic mass is 9.77. The molecule has 0 radical (unpaired) electrons. The second kappa shape index (κ2) is 13.6. The van der Waals surface area contributed by atoms with Crippen molar-refractivity contribution in [1.29, 1.82) is 0 Å². The predicted octanol–water partition coefficient (Wildman–Crippen LogP) is 4.49. The van der Waals surface area contributed by atoms with Crippen molar-refractivity contribution in [3.63, 3.8) is 0 Å². The van der Waals surface area contributed by atoms with Gasteiger partial charge in [0.25, 0.3) is 0 Å². The number of rotatable bonds is 5. The van der Waals surface area contributed by atoms with E-state index >= 15 is 0 Å². The van der Waals surface area contributed by atoms with Crippen molar-refractivity contribution in [2.75, 3.05) is 13.1 Å². The molecule has 2 aliphatic heterocycles. The Balaban J connectivity index is 0.000000404. The largest absolute Gasteiger partial charge is 0.490 e. The van der Waals surface area contributed by atoms with Gasteiger partial charge < -0.3 is 15.1 Å². The third-order valence-corrected chi connectivity index (χ3v) is 6.20. The van der Waals surface area contributed by atoms with Crippen molar-refractivity contribution >= 4 is 17.8 Å². The molecule has 14 heteroatoms. The Morgan fingerprint density at radius 3 is 1.97 bits per heavy atom. The number of nitrogens with zero attached hydrogens (tertiary/aromatic N) is 3. The number of aromatic nitrogens is 1. The summed E-state index contributed by atoms with van der Waals surface area (Å²) < 4.78 is 63.5. The molecule has 0 aromatic carbocycles. The van der Waals surface area contributed by atoms with Gasteiger partial charge in [-0.25, -0.2) is 9.59 Å². The van der Waals surface area contributed by atoms with Gasteiger partial charge in [0.15, 0.2) is 0 Å².